The van der Waals surface area contributed by atoms with Crippen LogP contribution in [0.25, 0.3) is 16.9 Å². The fourth-order valence-electron chi connectivity index (χ4n) is 6.93. The van der Waals surface area contributed by atoms with Crippen LogP contribution in [0.1, 0.15) is 36.6 Å². The van der Waals surface area contributed by atoms with Crippen LogP contribution in [0.3, 0.4) is 0 Å². The third kappa shape index (κ3) is 6.15. The molecule has 3 saturated heterocycles. The fraction of sp³-hybridized carbons (Fsp3) is 0.314. The molecule has 3 aliphatic rings. The van der Waals surface area contributed by atoms with Crippen molar-refractivity contribution in [3.63, 3.8) is 0 Å². The molecule has 5 aromatic rings. The summed E-state index contributed by atoms with van der Waals surface area (Å²) < 4.78 is 30.1. The average molecular weight is 665 g/mol. The first-order chi connectivity index (χ1) is 23.9. The summed E-state index contributed by atoms with van der Waals surface area (Å²) in [5, 5.41) is 6.87. The zero-order chi connectivity index (χ0) is 33.5. The molecule has 1 N–H and O–H groups in total. The Morgan fingerprint density at radius 1 is 0.878 bits per heavy atom. The molecule has 0 aliphatic carbocycles. The molecule has 3 fully saturated rings. The minimum absolute atomic E-state index is 0.229. The Morgan fingerprint density at radius 2 is 1.76 bits per heavy atom. The van der Waals surface area contributed by atoms with Gasteiger partial charge in [-0.2, -0.15) is 5.10 Å². The summed E-state index contributed by atoms with van der Waals surface area (Å²) in [5.74, 6) is 0.201. The van der Waals surface area contributed by atoms with E-state index in [0.717, 1.165) is 74.4 Å². The lowest BCUT2D eigenvalue weighted by Crippen LogP contribution is -2.49. The van der Waals surface area contributed by atoms with Gasteiger partial charge in [-0.1, -0.05) is 12.1 Å². The van der Waals surface area contributed by atoms with E-state index in [1.54, 1.807) is 16.9 Å². The van der Waals surface area contributed by atoms with Gasteiger partial charge in [0.2, 0.25) is 5.91 Å². The van der Waals surface area contributed by atoms with Crippen molar-refractivity contribution in [2.24, 2.45) is 0 Å². The number of carbonyl (C=O) groups is 2. The van der Waals surface area contributed by atoms with E-state index < -0.39 is 17.7 Å². The van der Waals surface area contributed by atoms with Gasteiger partial charge in [-0.05, 0) is 49.2 Å². The average Bonchev–Trinajstić information content (AvgIpc) is 3.77. The van der Waals surface area contributed by atoms with Gasteiger partial charge >= 0.3 is 6.03 Å². The van der Waals surface area contributed by atoms with E-state index in [-0.39, 0.29) is 18.4 Å². The van der Waals surface area contributed by atoms with Crippen LogP contribution < -0.4 is 20.0 Å². The van der Waals surface area contributed by atoms with Crippen molar-refractivity contribution in [2.75, 3.05) is 54.0 Å². The Hall–Kier alpha value is -5.50. The van der Waals surface area contributed by atoms with Crippen molar-refractivity contribution < 1.29 is 18.4 Å². The van der Waals surface area contributed by atoms with Gasteiger partial charge in [-0.3, -0.25) is 24.9 Å². The third-order valence-electron chi connectivity index (χ3n) is 9.49. The van der Waals surface area contributed by atoms with Gasteiger partial charge in [0.1, 0.15) is 23.3 Å². The first-order valence-electron chi connectivity index (χ1n) is 16.5. The predicted molar refractivity (Wildman–Crippen MR) is 179 cm³/mol. The van der Waals surface area contributed by atoms with Gasteiger partial charge < -0.3 is 9.80 Å². The number of hydrogen-bond acceptors (Lipinski definition) is 9. The predicted octanol–water partition coefficient (Wildman–Crippen LogP) is 4.57. The van der Waals surface area contributed by atoms with Crippen molar-refractivity contribution in [1.29, 1.82) is 0 Å². The zero-order valence-corrected chi connectivity index (χ0v) is 26.7. The van der Waals surface area contributed by atoms with Crippen LogP contribution in [0, 0.1) is 11.6 Å². The number of imide groups is 1. The molecule has 4 aromatic heterocycles. The summed E-state index contributed by atoms with van der Waals surface area (Å²) in [6.07, 6.45) is 7.22. The first-order valence-corrected chi connectivity index (χ1v) is 16.5. The van der Waals surface area contributed by atoms with E-state index in [0.29, 0.717) is 35.8 Å². The number of rotatable bonds is 7. The number of nitrogens with zero attached hydrogens (tertiary/aromatic N) is 9. The molecule has 250 valence electrons. The van der Waals surface area contributed by atoms with E-state index in [1.807, 2.05) is 42.6 Å². The topological polar surface area (TPSA) is 115 Å². The van der Waals surface area contributed by atoms with Crippen LogP contribution in [-0.4, -0.2) is 80.7 Å². The number of pyridine rings is 2. The van der Waals surface area contributed by atoms with Crippen molar-refractivity contribution in [3.05, 3.63) is 96.1 Å². The highest BCUT2D eigenvalue weighted by molar-refractivity contribution is 6.05. The number of amides is 3. The Kier molecular flexibility index (Phi) is 8.07. The number of nitrogens with one attached hydrogen (secondary N) is 1. The van der Waals surface area contributed by atoms with Gasteiger partial charge in [0, 0.05) is 70.1 Å². The molecule has 3 aliphatic heterocycles. The smallest absolute Gasteiger partial charge is 0.328 e. The number of hydrogen-bond donors (Lipinski definition) is 1. The van der Waals surface area contributed by atoms with Crippen LogP contribution in [-0.2, 0) is 11.3 Å². The van der Waals surface area contributed by atoms with Gasteiger partial charge in [0.05, 0.1) is 41.1 Å². The maximum atomic E-state index is 14.7. The highest BCUT2D eigenvalue weighted by Gasteiger charge is 2.30. The Bertz CT molecular complexity index is 2030. The maximum absolute atomic E-state index is 14.7. The molecule has 0 radical (unpaired) electrons. The van der Waals surface area contributed by atoms with E-state index in [9.17, 15) is 18.4 Å². The summed E-state index contributed by atoms with van der Waals surface area (Å²) in [4.78, 5) is 46.4. The standard InChI is InChI=1S/C35H34F2N10O2/c36-23-6-9-26(28(37)19-23)30-4-2-12-46(30)32-10-14-47-34(41-32)27(21-39-47)29-3-1-5-31(40-29)44-17-15-43(16-18-44)22-24-7-8-25(20-38-24)45-13-11-33(48)42-35(45)49/h1,3,5-10,14,19-21,30H,2,4,11-13,15-18,22H2,(H,42,48,49)/t30-/m1/s1. The number of halogens is 2. The van der Waals surface area contributed by atoms with Crippen LogP contribution in [0.5, 0.6) is 0 Å². The van der Waals surface area contributed by atoms with Crippen molar-refractivity contribution in [2.45, 2.75) is 31.8 Å². The summed E-state index contributed by atoms with van der Waals surface area (Å²) in [6, 6.07) is 14.8. The number of anilines is 3. The van der Waals surface area contributed by atoms with E-state index in [2.05, 4.69) is 30.1 Å². The Balaban J connectivity index is 0.940. The SMILES string of the molecule is O=C1CCN(c2ccc(CN3CCN(c4cccc(-c5cnn6ccc(N7CCC[C@@H]7c7ccc(F)cc7F)nc56)n4)CC3)nc2)C(=O)N1. The lowest BCUT2D eigenvalue weighted by Gasteiger charge is -2.35. The summed E-state index contributed by atoms with van der Waals surface area (Å²) in [5.41, 5.74) is 4.27. The Labute approximate surface area is 281 Å². The third-order valence-corrected chi connectivity index (χ3v) is 9.49. The molecule has 49 heavy (non-hydrogen) atoms. The van der Waals surface area contributed by atoms with E-state index in [1.165, 1.54) is 17.0 Å². The zero-order valence-electron chi connectivity index (χ0n) is 26.7. The number of aromatic nitrogens is 5. The highest BCUT2D eigenvalue weighted by atomic mass is 19.1. The van der Waals surface area contributed by atoms with Gasteiger partial charge in [-0.25, -0.2) is 28.1 Å². The normalized spacial score (nSPS) is 18.8. The molecule has 7 heterocycles. The minimum atomic E-state index is -0.586. The lowest BCUT2D eigenvalue weighted by atomic mass is 10.0. The van der Waals surface area contributed by atoms with Crippen molar-refractivity contribution in [1.82, 2.24) is 34.8 Å². The molecule has 0 bridgehead atoms. The molecule has 0 saturated carbocycles. The lowest BCUT2D eigenvalue weighted by molar-refractivity contribution is -0.120. The number of piperazine rings is 1. The molecule has 0 spiro atoms. The van der Waals surface area contributed by atoms with Crippen LogP contribution in [0.15, 0.2) is 73.2 Å². The molecule has 3 amide bonds. The van der Waals surface area contributed by atoms with E-state index in [4.69, 9.17) is 9.97 Å². The fourth-order valence-corrected chi connectivity index (χ4v) is 6.93. The van der Waals surface area contributed by atoms with Crippen molar-refractivity contribution >= 4 is 34.9 Å². The van der Waals surface area contributed by atoms with E-state index >= 15 is 0 Å². The minimum Gasteiger partial charge on any atom is -0.354 e. The second-order valence-electron chi connectivity index (χ2n) is 12.5. The largest absolute Gasteiger partial charge is 0.354 e. The van der Waals surface area contributed by atoms with Crippen LogP contribution in [0.2, 0.25) is 0 Å². The number of fused-ring (bicyclic) bond motifs is 1. The second kappa shape index (κ2) is 12.8. The maximum Gasteiger partial charge on any atom is 0.328 e. The molecular weight excluding hydrogens is 630 g/mol. The second-order valence-corrected chi connectivity index (χ2v) is 12.5. The number of urea groups is 1. The van der Waals surface area contributed by atoms with Crippen LogP contribution >= 0.6 is 0 Å². The molecule has 14 heteroatoms. The summed E-state index contributed by atoms with van der Waals surface area (Å²) in [7, 11) is 0. The summed E-state index contributed by atoms with van der Waals surface area (Å²) in [6.45, 7) is 5.01. The number of carbonyl (C=O) groups excluding carboxylic acids is 2. The quantitative estimate of drug-likeness (QED) is 0.267. The Morgan fingerprint density at radius 3 is 2.55 bits per heavy atom. The molecule has 1 aromatic carbocycles. The van der Waals surface area contributed by atoms with Gasteiger partial charge in [0.25, 0.3) is 0 Å². The van der Waals surface area contributed by atoms with Gasteiger partial charge in [0.15, 0.2) is 5.65 Å². The number of benzene rings is 1. The monoisotopic (exact) mass is 664 g/mol. The van der Waals surface area contributed by atoms with Crippen LogP contribution in [0.4, 0.5) is 30.9 Å². The molecule has 12 nitrogen and oxygen atoms in total. The first kappa shape index (κ1) is 30.8. The molecule has 0 unspecified atom stereocenters. The molecule has 1 atom stereocenters. The van der Waals surface area contributed by atoms with Gasteiger partial charge in [-0.15, -0.1) is 0 Å². The molecular formula is C35H34F2N10O2. The molecule has 8 rings (SSSR count). The van der Waals surface area contributed by atoms with Crippen molar-refractivity contribution in [3.8, 4) is 11.3 Å². The highest BCUT2D eigenvalue weighted by Crippen LogP contribution is 2.37. The summed E-state index contributed by atoms with van der Waals surface area (Å²) >= 11 is 0.